The third-order valence-electron chi connectivity index (χ3n) is 4.94. The number of terminal acetylenes is 1. The molecule has 0 unspecified atom stereocenters. The molecule has 0 saturated carbocycles. The zero-order chi connectivity index (χ0) is 22.9. The van der Waals surface area contributed by atoms with Gasteiger partial charge in [0.05, 0.1) is 19.3 Å². The maximum Gasteiger partial charge on any atom is 0.251 e. The molecule has 0 bridgehead atoms. The minimum absolute atomic E-state index is 0. The Bertz CT molecular complexity index is 1110. The van der Waals surface area contributed by atoms with Crippen molar-refractivity contribution in [2.24, 2.45) is 0 Å². The van der Waals surface area contributed by atoms with Gasteiger partial charge in [0.15, 0.2) is 0 Å². The second kappa shape index (κ2) is 12.3. The lowest BCUT2D eigenvalue weighted by molar-refractivity contribution is 0.0962. The SMILES string of the molecule is C#CCNc1ccc(-c2cc(NC[C@@H](C)c3ccc(C(=O)NC)cc3OC)ncn2)cn1.S. The zero-order valence-corrected chi connectivity index (χ0v) is 19.8. The van der Waals surface area contributed by atoms with E-state index in [1.807, 2.05) is 24.3 Å². The molecule has 2 aromatic heterocycles. The highest BCUT2D eigenvalue weighted by atomic mass is 32.1. The van der Waals surface area contributed by atoms with E-state index in [1.54, 1.807) is 32.5 Å². The molecule has 3 rings (SSSR count). The Morgan fingerprint density at radius 2 is 1.94 bits per heavy atom. The maximum absolute atomic E-state index is 11.9. The Kier molecular flexibility index (Phi) is 9.51. The number of pyridine rings is 1. The number of ether oxygens (including phenoxy) is 1. The molecule has 0 aliphatic carbocycles. The summed E-state index contributed by atoms with van der Waals surface area (Å²) >= 11 is 0. The van der Waals surface area contributed by atoms with Crippen molar-refractivity contribution in [2.45, 2.75) is 12.8 Å². The summed E-state index contributed by atoms with van der Waals surface area (Å²) in [7, 11) is 3.20. The van der Waals surface area contributed by atoms with E-state index in [0.717, 1.165) is 16.8 Å². The smallest absolute Gasteiger partial charge is 0.251 e. The largest absolute Gasteiger partial charge is 0.496 e. The van der Waals surface area contributed by atoms with Crippen LogP contribution in [0.4, 0.5) is 11.6 Å². The van der Waals surface area contributed by atoms with E-state index in [0.29, 0.717) is 36.0 Å². The van der Waals surface area contributed by atoms with Gasteiger partial charge in [0.25, 0.3) is 5.91 Å². The van der Waals surface area contributed by atoms with Gasteiger partial charge < -0.3 is 20.7 Å². The molecule has 172 valence electrons. The summed E-state index contributed by atoms with van der Waals surface area (Å²) in [5, 5.41) is 9.00. The number of rotatable bonds is 9. The second-order valence-electron chi connectivity index (χ2n) is 7.10. The molecule has 1 aromatic carbocycles. The molecular formula is C24H28N6O2S. The molecule has 0 fully saturated rings. The van der Waals surface area contributed by atoms with Gasteiger partial charge in [-0.25, -0.2) is 15.0 Å². The number of carbonyl (C=O) groups is 1. The number of nitrogens with zero attached hydrogens (tertiary/aromatic N) is 3. The summed E-state index contributed by atoms with van der Waals surface area (Å²) < 4.78 is 5.51. The third kappa shape index (κ3) is 6.60. The number of carbonyl (C=O) groups excluding carboxylic acids is 1. The molecular weight excluding hydrogens is 436 g/mol. The first-order valence-electron chi connectivity index (χ1n) is 10.2. The fourth-order valence-corrected chi connectivity index (χ4v) is 3.17. The van der Waals surface area contributed by atoms with Crippen molar-refractivity contribution in [1.82, 2.24) is 20.3 Å². The molecule has 2 heterocycles. The van der Waals surface area contributed by atoms with Crippen molar-refractivity contribution in [3.05, 3.63) is 60.0 Å². The van der Waals surface area contributed by atoms with Crippen LogP contribution in [0.15, 0.2) is 48.9 Å². The lowest BCUT2D eigenvalue weighted by atomic mass is 9.98. The van der Waals surface area contributed by atoms with Crippen LogP contribution < -0.4 is 20.7 Å². The fourth-order valence-electron chi connectivity index (χ4n) is 3.17. The molecule has 0 spiro atoms. The zero-order valence-electron chi connectivity index (χ0n) is 18.8. The summed E-state index contributed by atoms with van der Waals surface area (Å²) in [5.74, 6) is 4.58. The lowest BCUT2D eigenvalue weighted by Gasteiger charge is -2.17. The number of hydrogen-bond donors (Lipinski definition) is 3. The van der Waals surface area contributed by atoms with Gasteiger partial charge in [0, 0.05) is 42.9 Å². The second-order valence-corrected chi connectivity index (χ2v) is 7.10. The third-order valence-corrected chi connectivity index (χ3v) is 4.94. The molecule has 0 aliphatic heterocycles. The van der Waals surface area contributed by atoms with Crippen LogP contribution >= 0.6 is 13.5 Å². The number of hydrogen-bond acceptors (Lipinski definition) is 7. The van der Waals surface area contributed by atoms with Crippen LogP contribution in [0.1, 0.15) is 28.8 Å². The summed E-state index contributed by atoms with van der Waals surface area (Å²) in [6.07, 6.45) is 8.52. The van der Waals surface area contributed by atoms with Crippen molar-refractivity contribution in [3.8, 4) is 29.4 Å². The number of amides is 1. The predicted octanol–water partition coefficient (Wildman–Crippen LogP) is 3.28. The lowest BCUT2D eigenvalue weighted by Crippen LogP contribution is -2.18. The number of nitrogens with one attached hydrogen (secondary N) is 3. The average molecular weight is 465 g/mol. The molecule has 8 nitrogen and oxygen atoms in total. The predicted molar refractivity (Wildman–Crippen MR) is 136 cm³/mol. The van der Waals surface area contributed by atoms with Gasteiger partial charge in [-0.2, -0.15) is 13.5 Å². The van der Waals surface area contributed by atoms with Gasteiger partial charge >= 0.3 is 0 Å². The Morgan fingerprint density at radius 1 is 1.12 bits per heavy atom. The van der Waals surface area contributed by atoms with Gasteiger partial charge in [-0.15, -0.1) is 6.42 Å². The van der Waals surface area contributed by atoms with E-state index in [4.69, 9.17) is 11.2 Å². The average Bonchev–Trinajstić information content (AvgIpc) is 2.85. The highest BCUT2D eigenvalue weighted by Crippen LogP contribution is 2.28. The van der Waals surface area contributed by atoms with Crippen LogP contribution in [0, 0.1) is 12.3 Å². The van der Waals surface area contributed by atoms with Crippen LogP contribution in [0.5, 0.6) is 5.75 Å². The maximum atomic E-state index is 11.9. The first-order chi connectivity index (χ1) is 15.5. The minimum atomic E-state index is -0.150. The van der Waals surface area contributed by atoms with Gasteiger partial charge in [-0.05, 0) is 29.8 Å². The van der Waals surface area contributed by atoms with Gasteiger partial charge in [0.1, 0.15) is 23.7 Å². The van der Waals surface area contributed by atoms with Gasteiger partial charge in [-0.3, -0.25) is 4.79 Å². The van der Waals surface area contributed by atoms with Gasteiger partial charge in [0.2, 0.25) is 0 Å². The number of benzene rings is 1. The van der Waals surface area contributed by atoms with E-state index in [9.17, 15) is 4.79 Å². The Balaban J connectivity index is 0.00000385. The molecule has 0 saturated heterocycles. The quantitative estimate of drug-likeness (QED) is 0.418. The molecule has 9 heteroatoms. The number of anilines is 2. The highest BCUT2D eigenvalue weighted by molar-refractivity contribution is 7.59. The molecule has 1 atom stereocenters. The standard InChI is InChI=1S/C24H26N6O2.H2S/c1-5-10-26-22-9-7-18(14-28-22)20-12-23(30-15-29-20)27-13-16(2)19-8-6-17(24(31)25-3)11-21(19)32-4;/h1,6-9,11-12,14-16H,10,13H2,2-4H3,(H,25,31)(H,26,28)(H,27,29,30);1H2/t16-;/m1./s1. The highest BCUT2D eigenvalue weighted by Gasteiger charge is 2.15. The molecule has 0 radical (unpaired) electrons. The Labute approximate surface area is 201 Å². The molecule has 3 aromatic rings. The molecule has 0 aliphatic rings. The van der Waals surface area contributed by atoms with Crippen LogP contribution in [0.25, 0.3) is 11.3 Å². The van der Waals surface area contributed by atoms with E-state index < -0.39 is 0 Å². The van der Waals surface area contributed by atoms with Crippen molar-refractivity contribution in [2.75, 3.05) is 37.9 Å². The number of aromatic nitrogens is 3. The van der Waals surface area contributed by atoms with Gasteiger partial charge in [-0.1, -0.05) is 18.9 Å². The van der Waals surface area contributed by atoms with Crippen LogP contribution in [-0.2, 0) is 0 Å². The Hall–Kier alpha value is -3.77. The Morgan fingerprint density at radius 3 is 2.61 bits per heavy atom. The first-order valence-corrected chi connectivity index (χ1v) is 10.2. The van der Waals surface area contributed by atoms with Crippen LogP contribution in [-0.4, -0.2) is 48.1 Å². The molecule has 3 N–H and O–H groups in total. The molecule has 1 amide bonds. The first kappa shape index (κ1) is 25.5. The van der Waals surface area contributed by atoms with E-state index >= 15 is 0 Å². The van der Waals surface area contributed by atoms with Crippen molar-refractivity contribution >= 4 is 31.0 Å². The normalized spacial score (nSPS) is 10.8. The van der Waals surface area contributed by atoms with Crippen molar-refractivity contribution in [1.29, 1.82) is 0 Å². The van der Waals surface area contributed by atoms with Crippen molar-refractivity contribution < 1.29 is 9.53 Å². The van der Waals surface area contributed by atoms with E-state index in [-0.39, 0.29) is 25.3 Å². The molecule has 33 heavy (non-hydrogen) atoms. The monoisotopic (exact) mass is 464 g/mol. The number of methoxy groups -OCH3 is 1. The summed E-state index contributed by atoms with van der Waals surface area (Å²) in [5.41, 5.74) is 3.20. The van der Waals surface area contributed by atoms with E-state index in [2.05, 4.69) is 43.7 Å². The van der Waals surface area contributed by atoms with Crippen LogP contribution in [0.3, 0.4) is 0 Å². The fraction of sp³-hybridized carbons (Fsp3) is 0.250. The minimum Gasteiger partial charge on any atom is -0.496 e. The van der Waals surface area contributed by atoms with Crippen LogP contribution in [0.2, 0.25) is 0 Å². The van der Waals surface area contributed by atoms with E-state index in [1.165, 1.54) is 6.33 Å². The van der Waals surface area contributed by atoms with Crippen molar-refractivity contribution in [3.63, 3.8) is 0 Å². The summed E-state index contributed by atoms with van der Waals surface area (Å²) in [4.78, 5) is 24.9. The topological polar surface area (TPSA) is 101 Å². The summed E-state index contributed by atoms with van der Waals surface area (Å²) in [6, 6.07) is 11.1. The summed E-state index contributed by atoms with van der Waals surface area (Å²) in [6.45, 7) is 3.13.